The Morgan fingerprint density at radius 2 is 0.724 bits per heavy atom. The van der Waals surface area contributed by atoms with Crippen LogP contribution in [-0.4, -0.2) is 9.13 Å². The van der Waals surface area contributed by atoms with Gasteiger partial charge in [0, 0.05) is 21.5 Å². The standard InChI is InChI=1S/C70H54F3N3/c1-40-16-23-54(45(6)30-40)49-20-27-64-58(34-49)57-33-48(53-14-10-9-12-43(53)4)19-26-63(57)75(64)67-37-52(69-44(5)13-11-15-62(69)70(71,72)73)38-68(61(67)39-74)76-65-28-21-50(55-24-17-41(2)31-46(55)7)35-59(65)60-36-51(22-29-66(60)76)56-25-18-42(3)32-47(56)8/h9-38H,1-8H3. The van der Waals surface area contributed by atoms with Crippen molar-refractivity contribution in [1.29, 1.82) is 5.26 Å². The molecular weight excluding hydrogens is 940 g/mol. The Labute approximate surface area is 441 Å². The summed E-state index contributed by atoms with van der Waals surface area (Å²) in [5.41, 5.74) is 21.4. The van der Waals surface area contributed by atoms with E-state index in [0.29, 0.717) is 28.1 Å². The highest BCUT2D eigenvalue weighted by Crippen LogP contribution is 2.46. The van der Waals surface area contributed by atoms with E-state index in [0.717, 1.165) is 116 Å². The highest BCUT2D eigenvalue weighted by atomic mass is 19.4. The molecule has 3 nitrogen and oxygen atoms in total. The van der Waals surface area contributed by atoms with Crippen molar-refractivity contribution < 1.29 is 13.2 Å². The van der Waals surface area contributed by atoms with E-state index in [1.807, 2.05) is 12.1 Å². The number of hydrogen-bond donors (Lipinski definition) is 0. The van der Waals surface area contributed by atoms with Crippen molar-refractivity contribution in [2.75, 3.05) is 0 Å². The SMILES string of the molecule is Cc1ccc(-c2ccc3c(c2)c2cc(-c4ccccc4C)ccc2n3-c2cc(-c3c(C)cccc3C(F)(F)F)cc(-n3c4ccc(-c5ccc(C)cc5C)cc4c4cc(-c5ccc(C)cc5C)ccc43)c2C#N)c(C)c1. The van der Waals surface area contributed by atoms with Gasteiger partial charge in [0.2, 0.25) is 0 Å². The third-order valence-electron chi connectivity index (χ3n) is 15.6. The second kappa shape index (κ2) is 18.2. The van der Waals surface area contributed by atoms with Gasteiger partial charge in [-0.05, 0) is 206 Å². The molecule has 76 heavy (non-hydrogen) atoms. The Morgan fingerprint density at radius 1 is 0.355 bits per heavy atom. The van der Waals surface area contributed by atoms with Crippen LogP contribution in [0.15, 0.2) is 182 Å². The fourth-order valence-corrected chi connectivity index (χ4v) is 12.1. The first-order valence-electron chi connectivity index (χ1n) is 25.8. The van der Waals surface area contributed by atoms with Crippen LogP contribution < -0.4 is 0 Å². The van der Waals surface area contributed by atoms with Gasteiger partial charge in [0.1, 0.15) is 11.6 Å². The van der Waals surface area contributed by atoms with Crippen molar-refractivity contribution in [2.24, 2.45) is 0 Å². The summed E-state index contributed by atoms with van der Waals surface area (Å²) in [6, 6.07) is 64.2. The van der Waals surface area contributed by atoms with E-state index in [2.05, 4.69) is 203 Å². The Hall–Kier alpha value is -8.92. The second-order valence-electron chi connectivity index (χ2n) is 20.9. The van der Waals surface area contributed by atoms with E-state index in [1.54, 1.807) is 25.1 Å². The second-order valence-corrected chi connectivity index (χ2v) is 20.9. The molecule has 0 unspecified atom stereocenters. The largest absolute Gasteiger partial charge is 0.417 e. The van der Waals surface area contributed by atoms with Gasteiger partial charge in [-0.1, -0.05) is 132 Å². The maximum atomic E-state index is 15.5. The van der Waals surface area contributed by atoms with Crippen LogP contribution in [0.1, 0.15) is 55.6 Å². The van der Waals surface area contributed by atoms with Gasteiger partial charge < -0.3 is 9.13 Å². The summed E-state index contributed by atoms with van der Waals surface area (Å²) >= 11 is 0. The maximum absolute atomic E-state index is 15.5. The quantitative estimate of drug-likeness (QED) is 0.157. The average Bonchev–Trinajstić information content (AvgIpc) is 4.06. The molecule has 0 N–H and O–H groups in total. The van der Waals surface area contributed by atoms with Crippen molar-refractivity contribution in [3.05, 3.63) is 238 Å². The molecule has 0 aliphatic carbocycles. The van der Waals surface area contributed by atoms with Crippen LogP contribution in [0, 0.1) is 66.7 Å². The number of fused-ring (bicyclic) bond motifs is 6. The molecule has 370 valence electrons. The smallest absolute Gasteiger partial charge is 0.308 e. The lowest BCUT2D eigenvalue weighted by molar-refractivity contribution is -0.137. The van der Waals surface area contributed by atoms with Crippen molar-refractivity contribution in [3.63, 3.8) is 0 Å². The molecule has 0 radical (unpaired) electrons. The van der Waals surface area contributed by atoms with E-state index in [4.69, 9.17) is 0 Å². The van der Waals surface area contributed by atoms with E-state index >= 15 is 13.2 Å². The monoisotopic (exact) mass is 993 g/mol. The van der Waals surface area contributed by atoms with Crippen molar-refractivity contribution in [2.45, 2.75) is 61.6 Å². The molecule has 0 bridgehead atoms. The number of alkyl halides is 3. The van der Waals surface area contributed by atoms with Crippen LogP contribution in [0.25, 0.3) is 111 Å². The number of benzene rings is 10. The Bertz CT molecular complexity index is 4330. The number of nitrogens with zero attached hydrogens (tertiary/aromatic N) is 3. The highest BCUT2D eigenvalue weighted by Gasteiger charge is 2.35. The Kier molecular flexibility index (Phi) is 11.5. The minimum atomic E-state index is -4.67. The van der Waals surface area contributed by atoms with Gasteiger partial charge in [-0.3, -0.25) is 0 Å². The van der Waals surface area contributed by atoms with Crippen molar-refractivity contribution in [3.8, 4) is 73.1 Å². The summed E-state index contributed by atoms with van der Waals surface area (Å²) in [4.78, 5) is 0. The molecule has 0 spiro atoms. The molecular formula is C70H54F3N3. The van der Waals surface area contributed by atoms with E-state index < -0.39 is 11.7 Å². The number of rotatable bonds is 7. The summed E-state index contributed by atoms with van der Waals surface area (Å²) in [6.07, 6.45) is -4.67. The summed E-state index contributed by atoms with van der Waals surface area (Å²) in [7, 11) is 0. The third kappa shape index (κ3) is 7.97. The number of halogens is 3. The van der Waals surface area contributed by atoms with Gasteiger partial charge in [-0.2, -0.15) is 18.4 Å². The molecule has 6 heteroatoms. The topological polar surface area (TPSA) is 33.6 Å². The first-order valence-corrected chi connectivity index (χ1v) is 25.8. The molecule has 0 atom stereocenters. The van der Waals surface area contributed by atoms with E-state index in [-0.39, 0.29) is 5.56 Å². The number of aryl methyl sites for hydroxylation is 8. The van der Waals surface area contributed by atoms with Gasteiger partial charge in [-0.25, -0.2) is 0 Å². The van der Waals surface area contributed by atoms with Crippen LogP contribution in [0.2, 0.25) is 0 Å². The fourth-order valence-electron chi connectivity index (χ4n) is 12.1. The predicted molar refractivity (Wildman–Crippen MR) is 310 cm³/mol. The van der Waals surface area contributed by atoms with E-state index in [1.165, 1.54) is 22.8 Å². The molecule has 0 amide bonds. The molecule has 0 fully saturated rings. The first kappa shape index (κ1) is 48.0. The van der Waals surface area contributed by atoms with Gasteiger partial charge in [-0.15, -0.1) is 0 Å². The van der Waals surface area contributed by atoms with Crippen LogP contribution in [0.5, 0.6) is 0 Å². The Morgan fingerprint density at radius 3 is 1.08 bits per heavy atom. The highest BCUT2D eigenvalue weighted by molar-refractivity contribution is 6.14. The van der Waals surface area contributed by atoms with Crippen molar-refractivity contribution in [1.82, 2.24) is 9.13 Å². The van der Waals surface area contributed by atoms with Gasteiger partial charge in [0.05, 0.1) is 39.0 Å². The predicted octanol–water partition coefficient (Wildman–Crippen LogP) is 19.6. The van der Waals surface area contributed by atoms with Crippen LogP contribution in [0.3, 0.4) is 0 Å². The lowest BCUT2D eigenvalue weighted by Gasteiger charge is -2.21. The number of nitriles is 1. The lowest BCUT2D eigenvalue weighted by Crippen LogP contribution is -2.10. The molecule has 2 aromatic heterocycles. The summed E-state index contributed by atoms with van der Waals surface area (Å²) in [6.45, 7) is 16.5. The van der Waals surface area contributed by atoms with Crippen LogP contribution in [0.4, 0.5) is 13.2 Å². The first-order chi connectivity index (χ1) is 36.6. The Balaban J connectivity index is 1.22. The van der Waals surface area contributed by atoms with Crippen LogP contribution in [-0.2, 0) is 6.18 Å². The molecule has 0 aliphatic rings. The van der Waals surface area contributed by atoms with Gasteiger partial charge in [0.25, 0.3) is 0 Å². The maximum Gasteiger partial charge on any atom is 0.417 e. The minimum absolute atomic E-state index is 0.0664. The zero-order chi connectivity index (χ0) is 52.9. The third-order valence-corrected chi connectivity index (χ3v) is 15.6. The normalized spacial score (nSPS) is 11.9. The molecule has 12 aromatic rings. The molecule has 2 heterocycles. The summed E-state index contributed by atoms with van der Waals surface area (Å²) < 4.78 is 50.6. The fraction of sp³-hybridized carbons (Fsp3) is 0.129. The minimum Gasteiger partial charge on any atom is -0.308 e. The molecule has 0 saturated carbocycles. The van der Waals surface area contributed by atoms with E-state index in [9.17, 15) is 5.26 Å². The van der Waals surface area contributed by atoms with Gasteiger partial charge in [0.15, 0.2) is 0 Å². The lowest BCUT2D eigenvalue weighted by atomic mass is 9.92. The summed E-state index contributed by atoms with van der Waals surface area (Å²) in [5.74, 6) is 0. The van der Waals surface area contributed by atoms with Crippen molar-refractivity contribution >= 4 is 43.6 Å². The molecule has 10 aromatic carbocycles. The van der Waals surface area contributed by atoms with Crippen LogP contribution >= 0.6 is 0 Å². The average molecular weight is 994 g/mol. The molecule has 0 aliphatic heterocycles. The number of hydrogen-bond acceptors (Lipinski definition) is 1. The summed E-state index contributed by atoms with van der Waals surface area (Å²) in [5, 5.41) is 15.7. The zero-order valence-electron chi connectivity index (χ0n) is 43.8. The molecule has 0 saturated heterocycles. The zero-order valence-corrected chi connectivity index (χ0v) is 43.8. The molecule has 12 rings (SSSR count). The van der Waals surface area contributed by atoms with Gasteiger partial charge >= 0.3 is 6.18 Å². The number of aromatic nitrogens is 2.